The van der Waals surface area contributed by atoms with Gasteiger partial charge in [-0.15, -0.1) is 11.3 Å². The zero-order valence-electron chi connectivity index (χ0n) is 46.4. The number of aromatic nitrogens is 4. The van der Waals surface area contributed by atoms with Gasteiger partial charge >= 0.3 is 0 Å². The molecule has 12 rings (SSSR count). The number of para-hydroxylation sites is 2. The molecule has 3 aromatic heterocycles. The van der Waals surface area contributed by atoms with Crippen molar-refractivity contribution in [2.24, 2.45) is 0 Å². The fraction of sp³-hybridized carbons (Fsp3) is 0. The normalized spacial score (nSPS) is 14.7. The maximum Gasteiger partial charge on any atom is 0.166 e. The second-order valence-corrected chi connectivity index (χ2v) is 15.5. The Kier molecular flexibility index (Phi) is 5.85. The van der Waals surface area contributed by atoms with Crippen LogP contribution in [0.2, 0.25) is 0 Å². The van der Waals surface area contributed by atoms with Crippen LogP contribution in [-0.2, 0) is 0 Å². The SMILES string of the molecule is [2H]c1cc([2H])c(-c2c([2H])c([2H])c3c(c2[2H])c2c([2H])c([2H])cc([2H])c2n3-c2ccccc2-c2nc(-c3ccccc3)nc(-c3cccc(-c4cccc5c4sc4c(-c6c([2H])c([2H])c([2H])c([2H])c6[2H])cccc45)c3)n2)c([2H])c1. The predicted octanol–water partition coefficient (Wildman–Crippen LogP) is 15.3. The van der Waals surface area contributed by atoms with Crippen molar-refractivity contribution in [2.45, 2.75) is 0 Å². The Morgan fingerprint density at radius 1 is 0.371 bits per heavy atom. The molecule has 0 unspecified atom stereocenters. The Balaban J connectivity index is 1.07. The number of rotatable bonds is 7. The molecule has 0 aliphatic heterocycles. The first-order valence-corrected chi connectivity index (χ1v) is 20.5. The van der Waals surface area contributed by atoms with Gasteiger partial charge in [0.2, 0.25) is 0 Å². The largest absolute Gasteiger partial charge is 0.309 e. The van der Waals surface area contributed by atoms with Gasteiger partial charge in [-0.25, -0.2) is 15.0 Å². The monoisotopic (exact) mass is 822 g/mol. The summed E-state index contributed by atoms with van der Waals surface area (Å²) < 4.78 is 127. The summed E-state index contributed by atoms with van der Waals surface area (Å²) in [6.45, 7) is 0. The van der Waals surface area contributed by atoms with E-state index in [1.807, 2.05) is 84.9 Å². The zero-order chi connectivity index (χ0) is 53.2. The van der Waals surface area contributed by atoms with E-state index in [2.05, 4.69) is 0 Å². The molecule has 0 fully saturated rings. The lowest BCUT2D eigenvalue weighted by Gasteiger charge is -2.15. The molecular formula is C57H36N4S. The maximum atomic E-state index is 9.65. The Morgan fingerprint density at radius 2 is 1.00 bits per heavy atom. The lowest BCUT2D eigenvalue weighted by molar-refractivity contribution is 1.06. The summed E-state index contributed by atoms with van der Waals surface area (Å²) in [5.74, 6) is 0.814. The van der Waals surface area contributed by atoms with Crippen molar-refractivity contribution in [1.82, 2.24) is 19.5 Å². The van der Waals surface area contributed by atoms with Gasteiger partial charge in [-0.1, -0.05) is 182 Å². The number of thiophene rings is 1. The molecule has 0 amide bonds. The van der Waals surface area contributed by atoms with E-state index in [4.69, 9.17) is 27.3 Å². The molecule has 5 heteroatoms. The van der Waals surface area contributed by atoms with E-state index in [9.17, 15) is 6.85 Å². The van der Waals surface area contributed by atoms with Crippen LogP contribution < -0.4 is 0 Å². The molecule has 0 bridgehead atoms. The van der Waals surface area contributed by atoms with Gasteiger partial charge in [0, 0.05) is 47.6 Å². The molecular weight excluding hydrogens is 773 g/mol. The van der Waals surface area contributed by atoms with Crippen LogP contribution in [0.4, 0.5) is 0 Å². The summed E-state index contributed by atoms with van der Waals surface area (Å²) in [5, 5.41) is 1.79. The van der Waals surface area contributed by atoms with Gasteiger partial charge in [0.15, 0.2) is 17.5 Å². The second kappa shape index (κ2) is 14.9. The summed E-state index contributed by atoms with van der Waals surface area (Å²) in [6, 6.07) is 34.7. The Hall–Kier alpha value is -7.99. The van der Waals surface area contributed by atoms with Gasteiger partial charge in [-0.05, 0) is 69.7 Å². The molecule has 0 N–H and O–H groups in total. The van der Waals surface area contributed by atoms with Crippen molar-refractivity contribution < 1.29 is 19.2 Å². The van der Waals surface area contributed by atoms with Crippen LogP contribution in [0, 0.1) is 0 Å². The molecule has 0 aliphatic rings. The summed E-state index contributed by atoms with van der Waals surface area (Å²) in [5.41, 5.74) is 4.14. The standard InChI is InChI=1S/C57H36N4S/c1-4-17-37(18-5-1)40-33-34-52-49(36-40)45-25-10-12-31-50(45)61(52)51-32-13-11-26-48(51)57-59-55(39-21-8-3-9-22-39)58-56(60-57)42-24-14-23-41(35-42)44-28-16-30-47-46-29-15-27-43(53(46)62-54(44)47)38-19-6-2-7-20-38/h1-36H/i1D,2D,6D,7D,10D,17D,18D,19D,20D,25D,31D,33D,34D,36D. The van der Waals surface area contributed by atoms with Gasteiger partial charge in [0.25, 0.3) is 0 Å². The highest BCUT2D eigenvalue weighted by molar-refractivity contribution is 7.26. The van der Waals surface area contributed by atoms with E-state index < -0.39 is 30.2 Å². The second-order valence-electron chi connectivity index (χ2n) is 14.4. The van der Waals surface area contributed by atoms with Crippen molar-refractivity contribution in [2.75, 3.05) is 0 Å². The third kappa shape index (κ3) is 6.09. The minimum Gasteiger partial charge on any atom is -0.309 e. The molecule has 12 aromatic rings. The summed E-state index contributed by atoms with van der Waals surface area (Å²) >= 11 is 1.47. The summed E-state index contributed by atoms with van der Waals surface area (Å²) in [6.07, 6.45) is 0. The fourth-order valence-electron chi connectivity index (χ4n) is 8.04. The maximum absolute atomic E-state index is 9.65. The van der Waals surface area contributed by atoms with Crippen molar-refractivity contribution in [1.29, 1.82) is 0 Å². The van der Waals surface area contributed by atoms with Crippen molar-refractivity contribution in [3.63, 3.8) is 0 Å². The quantitative estimate of drug-likeness (QED) is 0.161. The number of hydrogen-bond donors (Lipinski definition) is 0. The molecule has 62 heavy (non-hydrogen) atoms. The van der Waals surface area contributed by atoms with Gasteiger partial charge in [-0.3, -0.25) is 0 Å². The van der Waals surface area contributed by atoms with Crippen LogP contribution in [0.25, 0.3) is 115 Å². The first-order chi connectivity index (χ1) is 36.5. The minimum atomic E-state index is -0.475. The number of benzene rings is 9. The molecule has 0 saturated heterocycles. The number of nitrogens with zero attached hydrogens (tertiary/aromatic N) is 4. The highest BCUT2D eigenvalue weighted by Crippen LogP contribution is 2.44. The Morgan fingerprint density at radius 3 is 1.81 bits per heavy atom. The lowest BCUT2D eigenvalue weighted by atomic mass is 9.99. The van der Waals surface area contributed by atoms with Crippen LogP contribution in [0.5, 0.6) is 0 Å². The van der Waals surface area contributed by atoms with Crippen LogP contribution in [0.1, 0.15) is 19.2 Å². The fourth-order valence-corrected chi connectivity index (χ4v) is 9.39. The van der Waals surface area contributed by atoms with Gasteiger partial charge in [0.05, 0.1) is 35.9 Å². The molecule has 3 heterocycles. The number of fused-ring (bicyclic) bond motifs is 6. The first-order valence-electron chi connectivity index (χ1n) is 26.7. The summed E-state index contributed by atoms with van der Waals surface area (Å²) in [4.78, 5) is 15.2. The highest BCUT2D eigenvalue weighted by atomic mass is 32.1. The van der Waals surface area contributed by atoms with Crippen LogP contribution in [-0.4, -0.2) is 19.5 Å². The molecule has 0 spiro atoms. The van der Waals surface area contributed by atoms with Crippen LogP contribution in [0.15, 0.2) is 218 Å². The van der Waals surface area contributed by atoms with E-state index in [-0.39, 0.29) is 98.7 Å². The Bertz CT molecular complexity index is 4430. The lowest BCUT2D eigenvalue weighted by Crippen LogP contribution is -2.03. The van der Waals surface area contributed by atoms with Crippen molar-refractivity contribution in [3.05, 3.63) is 218 Å². The Labute approximate surface area is 382 Å². The van der Waals surface area contributed by atoms with Gasteiger partial charge < -0.3 is 4.57 Å². The molecule has 290 valence electrons. The van der Waals surface area contributed by atoms with Gasteiger partial charge in [-0.2, -0.15) is 0 Å². The third-order valence-electron chi connectivity index (χ3n) is 10.8. The minimum absolute atomic E-state index is 0.00862. The average Bonchev–Trinajstić information content (AvgIpc) is 4.09. The van der Waals surface area contributed by atoms with E-state index in [1.165, 1.54) is 29.5 Å². The molecule has 0 radical (unpaired) electrons. The third-order valence-corrected chi connectivity index (χ3v) is 12.1. The molecule has 9 aromatic carbocycles. The predicted molar refractivity (Wildman–Crippen MR) is 260 cm³/mol. The van der Waals surface area contributed by atoms with E-state index in [0.29, 0.717) is 39.6 Å². The number of hydrogen-bond acceptors (Lipinski definition) is 4. The van der Waals surface area contributed by atoms with E-state index in [1.54, 1.807) is 34.9 Å². The van der Waals surface area contributed by atoms with Crippen LogP contribution >= 0.6 is 11.3 Å². The topological polar surface area (TPSA) is 43.6 Å². The smallest absolute Gasteiger partial charge is 0.166 e. The zero-order valence-corrected chi connectivity index (χ0v) is 33.2. The van der Waals surface area contributed by atoms with E-state index >= 15 is 0 Å². The van der Waals surface area contributed by atoms with Crippen molar-refractivity contribution >= 4 is 53.3 Å². The van der Waals surface area contributed by atoms with Gasteiger partial charge in [0.1, 0.15) is 0 Å². The average molecular weight is 823 g/mol. The van der Waals surface area contributed by atoms with E-state index in [0.717, 1.165) is 31.3 Å². The summed E-state index contributed by atoms with van der Waals surface area (Å²) in [7, 11) is 0. The molecule has 0 saturated carbocycles. The van der Waals surface area contributed by atoms with Crippen LogP contribution in [0.3, 0.4) is 0 Å². The van der Waals surface area contributed by atoms with Crippen molar-refractivity contribution in [3.8, 4) is 73.2 Å². The molecule has 4 nitrogen and oxygen atoms in total. The first kappa shape index (κ1) is 24.3. The highest BCUT2D eigenvalue weighted by Gasteiger charge is 2.20. The molecule has 0 atom stereocenters. The molecule has 0 aliphatic carbocycles.